The Morgan fingerprint density at radius 2 is 1.96 bits per heavy atom. The highest BCUT2D eigenvalue weighted by Crippen LogP contribution is 2.39. The van der Waals surface area contributed by atoms with Gasteiger partial charge in [0, 0.05) is 43.1 Å². The van der Waals surface area contributed by atoms with Gasteiger partial charge in [0.15, 0.2) is 13.1 Å². The van der Waals surface area contributed by atoms with Gasteiger partial charge in [-0.1, -0.05) is 6.07 Å². The zero-order valence-electron chi connectivity index (χ0n) is 26.6. The summed E-state index contributed by atoms with van der Waals surface area (Å²) in [6.45, 7) is 7.03. The first-order chi connectivity index (χ1) is 21.8. The SMILES string of the molecule is CCOC(=O)[C@@H]1CC[C@@H](Nc2ccc3c(c2C=O)COCCCC2=C3N(OCOC)NC(C(F)(F)F)=C2)CN1C(=O)OC(C)(C)C. The van der Waals surface area contributed by atoms with E-state index in [1.807, 2.05) is 0 Å². The summed E-state index contributed by atoms with van der Waals surface area (Å²) in [5.41, 5.74) is 2.67. The summed E-state index contributed by atoms with van der Waals surface area (Å²) in [5.74, 6) is -0.525. The number of hydrogen-bond acceptors (Lipinski definition) is 11. The lowest BCUT2D eigenvalue weighted by Gasteiger charge is -2.39. The third kappa shape index (κ3) is 8.30. The number of alkyl halides is 3. The maximum atomic E-state index is 13.8. The van der Waals surface area contributed by atoms with Gasteiger partial charge < -0.3 is 24.3 Å². The number of nitrogens with zero attached hydrogens (tertiary/aromatic N) is 2. The molecule has 1 saturated heterocycles. The Morgan fingerprint density at radius 1 is 1.20 bits per heavy atom. The summed E-state index contributed by atoms with van der Waals surface area (Å²) < 4.78 is 63.0. The van der Waals surface area contributed by atoms with Crippen molar-refractivity contribution >= 4 is 29.7 Å². The van der Waals surface area contributed by atoms with E-state index in [-0.39, 0.29) is 51.2 Å². The van der Waals surface area contributed by atoms with Gasteiger partial charge in [-0.3, -0.25) is 15.1 Å². The second-order valence-electron chi connectivity index (χ2n) is 12.0. The van der Waals surface area contributed by atoms with E-state index >= 15 is 0 Å². The molecule has 3 aliphatic heterocycles. The first-order valence-electron chi connectivity index (χ1n) is 15.1. The molecule has 3 heterocycles. The Bertz CT molecular complexity index is 1360. The van der Waals surface area contributed by atoms with Crippen LogP contribution in [-0.2, 0) is 35.2 Å². The number of carbonyl (C=O) groups is 3. The molecule has 1 aromatic carbocycles. The average Bonchev–Trinajstić information content (AvgIpc) is 3.07. The molecule has 0 aliphatic carbocycles. The first kappa shape index (κ1) is 35.0. The van der Waals surface area contributed by atoms with Crippen LogP contribution in [0.2, 0.25) is 0 Å². The zero-order valence-corrected chi connectivity index (χ0v) is 26.6. The Kier molecular flexibility index (Phi) is 11.2. The summed E-state index contributed by atoms with van der Waals surface area (Å²) in [5, 5.41) is 4.26. The standard InChI is InChI=1S/C31H41F3N4O8/c1-6-44-28(40)25-12-9-20(15-37(25)29(41)46-30(2,3)4)35-24-11-10-21-23(22(24)16-39)17-43-13-7-8-19-14-26(31(32,33)34)36-38(27(19)21)45-18-42-5/h10-11,14,16,20,25,35-36H,6-9,12-13,15,17-18H2,1-5H3/t20-,25+/m1/s1. The predicted octanol–water partition coefficient (Wildman–Crippen LogP) is 5.07. The van der Waals surface area contributed by atoms with Gasteiger partial charge in [-0.2, -0.15) is 18.3 Å². The van der Waals surface area contributed by atoms with Crippen LogP contribution in [0.5, 0.6) is 0 Å². The Labute approximate surface area is 265 Å². The minimum absolute atomic E-state index is 0.00327. The molecule has 2 atom stereocenters. The molecule has 0 saturated carbocycles. The van der Waals surface area contributed by atoms with Crippen LogP contribution in [0, 0.1) is 0 Å². The van der Waals surface area contributed by atoms with Crippen LogP contribution in [0.25, 0.3) is 5.70 Å². The second kappa shape index (κ2) is 14.7. The molecule has 1 amide bonds. The van der Waals surface area contributed by atoms with Crippen LogP contribution in [0.4, 0.5) is 23.7 Å². The molecule has 0 bridgehead atoms. The van der Waals surface area contributed by atoms with Crippen LogP contribution < -0.4 is 10.7 Å². The van der Waals surface area contributed by atoms with E-state index in [1.54, 1.807) is 39.8 Å². The number of carbonyl (C=O) groups excluding carboxylic acids is 3. The first-order valence-corrected chi connectivity index (χ1v) is 15.1. The van der Waals surface area contributed by atoms with Gasteiger partial charge in [0.25, 0.3) is 0 Å². The number of hydroxylamine groups is 1. The predicted molar refractivity (Wildman–Crippen MR) is 160 cm³/mol. The molecule has 15 heteroatoms. The van der Waals surface area contributed by atoms with Crippen molar-refractivity contribution < 1.29 is 51.3 Å². The molecule has 2 N–H and O–H groups in total. The molecule has 12 nitrogen and oxygen atoms in total. The third-order valence-corrected chi connectivity index (χ3v) is 7.49. The Hall–Kier alpha value is -3.82. The summed E-state index contributed by atoms with van der Waals surface area (Å²) in [4.78, 5) is 45.4. The van der Waals surface area contributed by atoms with Crippen molar-refractivity contribution in [2.45, 2.75) is 83.8 Å². The van der Waals surface area contributed by atoms with Crippen molar-refractivity contribution in [3.63, 3.8) is 0 Å². The number of aldehydes is 1. The number of amides is 1. The van der Waals surface area contributed by atoms with Crippen LogP contribution >= 0.6 is 0 Å². The van der Waals surface area contributed by atoms with E-state index in [0.29, 0.717) is 53.6 Å². The maximum absolute atomic E-state index is 13.8. The second-order valence-corrected chi connectivity index (χ2v) is 12.0. The normalized spacial score (nSPS) is 20.7. The van der Waals surface area contributed by atoms with Crippen LogP contribution in [-0.4, -0.2) is 85.9 Å². The van der Waals surface area contributed by atoms with E-state index in [2.05, 4.69) is 10.7 Å². The van der Waals surface area contributed by atoms with Crippen molar-refractivity contribution in [2.75, 3.05) is 39.0 Å². The highest BCUT2D eigenvalue weighted by Gasteiger charge is 2.41. The fourth-order valence-electron chi connectivity index (χ4n) is 5.55. The number of hydrazine groups is 1. The number of ether oxygens (including phenoxy) is 4. The van der Waals surface area contributed by atoms with E-state index in [9.17, 15) is 27.6 Å². The molecular formula is C31H41F3N4O8. The third-order valence-electron chi connectivity index (χ3n) is 7.49. The van der Waals surface area contributed by atoms with Crippen molar-refractivity contribution in [1.82, 2.24) is 15.5 Å². The number of hydrogen-bond donors (Lipinski definition) is 2. The van der Waals surface area contributed by atoms with E-state index in [0.717, 1.165) is 11.2 Å². The molecule has 0 unspecified atom stereocenters. The minimum atomic E-state index is -4.67. The molecule has 254 valence electrons. The van der Waals surface area contributed by atoms with Crippen molar-refractivity contribution in [3.05, 3.63) is 46.2 Å². The van der Waals surface area contributed by atoms with Crippen LogP contribution in [0.1, 0.15) is 74.9 Å². The number of methoxy groups -OCH3 is 1. The number of piperidine rings is 1. The molecule has 1 aromatic rings. The van der Waals surface area contributed by atoms with Crippen molar-refractivity contribution in [1.29, 1.82) is 0 Å². The van der Waals surface area contributed by atoms with Crippen LogP contribution in [0.15, 0.2) is 29.5 Å². The van der Waals surface area contributed by atoms with Gasteiger partial charge in [-0.25, -0.2) is 14.4 Å². The number of nitrogens with one attached hydrogen (secondary N) is 2. The number of halogens is 3. The number of allylic oxidation sites excluding steroid dienone is 3. The molecule has 46 heavy (non-hydrogen) atoms. The lowest BCUT2D eigenvalue weighted by molar-refractivity contribution is -0.214. The highest BCUT2D eigenvalue weighted by atomic mass is 19.4. The fraction of sp³-hybridized carbons (Fsp3) is 0.581. The average molecular weight is 655 g/mol. The Balaban J connectivity index is 1.71. The number of esters is 1. The molecular weight excluding hydrogens is 613 g/mol. The fourth-order valence-corrected chi connectivity index (χ4v) is 5.55. The summed E-state index contributed by atoms with van der Waals surface area (Å²) >= 11 is 0. The number of anilines is 1. The lowest BCUT2D eigenvalue weighted by Crippen LogP contribution is -2.55. The summed E-state index contributed by atoms with van der Waals surface area (Å²) in [7, 11) is 1.34. The van der Waals surface area contributed by atoms with Gasteiger partial charge in [0.1, 0.15) is 17.3 Å². The van der Waals surface area contributed by atoms with Gasteiger partial charge in [0.2, 0.25) is 0 Å². The topological polar surface area (TPSA) is 128 Å². The maximum Gasteiger partial charge on any atom is 0.432 e. The molecule has 0 spiro atoms. The van der Waals surface area contributed by atoms with Gasteiger partial charge >= 0.3 is 18.2 Å². The van der Waals surface area contributed by atoms with Gasteiger partial charge in [-0.05, 0) is 76.7 Å². The van der Waals surface area contributed by atoms with Crippen molar-refractivity contribution in [3.8, 4) is 0 Å². The van der Waals surface area contributed by atoms with E-state index < -0.39 is 35.6 Å². The zero-order chi connectivity index (χ0) is 33.6. The van der Waals surface area contributed by atoms with E-state index in [4.69, 9.17) is 23.8 Å². The molecule has 4 rings (SSSR count). The smallest absolute Gasteiger partial charge is 0.432 e. The largest absolute Gasteiger partial charge is 0.464 e. The summed E-state index contributed by atoms with van der Waals surface area (Å²) in [6, 6.07) is 2.12. The highest BCUT2D eigenvalue weighted by molar-refractivity contribution is 5.90. The molecule has 1 fully saturated rings. The number of fused-ring (bicyclic) bond motifs is 2. The number of benzene rings is 1. The van der Waals surface area contributed by atoms with Crippen molar-refractivity contribution in [2.24, 2.45) is 0 Å². The molecule has 3 aliphatic rings. The number of likely N-dealkylation sites (tertiary alicyclic amines) is 1. The lowest BCUT2D eigenvalue weighted by atomic mass is 9.92. The van der Waals surface area contributed by atoms with Gasteiger partial charge in [-0.15, -0.1) is 0 Å². The number of rotatable bonds is 8. The van der Waals surface area contributed by atoms with Gasteiger partial charge in [0.05, 0.1) is 18.9 Å². The summed E-state index contributed by atoms with van der Waals surface area (Å²) in [6.07, 6.45) is -2.20. The van der Waals surface area contributed by atoms with Crippen LogP contribution in [0.3, 0.4) is 0 Å². The van der Waals surface area contributed by atoms with E-state index in [1.165, 1.54) is 12.0 Å². The monoisotopic (exact) mass is 654 g/mol. The Morgan fingerprint density at radius 3 is 2.61 bits per heavy atom. The molecule has 0 radical (unpaired) electrons. The molecule has 0 aromatic heterocycles. The minimum Gasteiger partial charge on any atom is -0.464 e. The quantitative estimate of drug-likeness (QED) is 0.222.